The molecule has 2 saturated heterocycles. The van der Waals surface area contributed by atoms with E-state index in [2.05, 4.69) is 0 Å². The summed E-state index contributed by atoms with van der Waals surface area (Å²) in [5.74, 6) is -2.67. The lowest BCUT2D eigenvalue weighted by Crippen LogP contribution is -2.51. The molecular weight excluding hydrogens is 318 g/mol. The third-order valence-electron chi connectivity index (χ3n) is 4.22. The zero-order chi connectivity index (χ0) is 17.0. The highest BCUT2D eigenvalue weighted by Crippen LogP contribution is 2.30. The quantitative estimate of drug-likeness (QED) is 0.695. The Bertz CT molecular complexity index is 784. The van der Waals surface area contributed by atoms with E-state index in [9.17, 15) is 24.0 Å². The number of imide groups is 2. The van der Waals surface area contributed by atoms with Crippen molar-refractivity contribution in [3.05, 3.63) is 35.4 Å². The zero-order valence-corrected chi connectivity index (χ0v) is 12.3. The fraction of sp³-hybridized carbons (Fsp3) is 0.267. The van der Waals surface area contributed by atoms with Gasteiger partial charge in [0, 0.05) is 0 Å². The molecule has 4 rings (SSSR count). The molecule has 3 heterocycles. The Morgan fingerprint density at radius 1 is 0.958 bits per heavy atom. The number of rotatable bonds is 2. The van der Waals surface area contributed by atoms with E-state index in [1.165, 1.54) is 12.1 Å². The normalized spacial score (nSPS) is 23.4. The standard InChI is InChI=1S/C15H11N3O6/c19-11-7-10(14(22)18(11)16-5-6-24-15(16)23)17-12(20)8-3-1-2-4-9(8)13(17)21/h1-4,10H,5-7H2. The van der Waals surface area contributed by atoms with Crippen LogP contribution in [0.4, 0.5) is 4.79 Å². The average Bonchev–Trinajstić information content (AvgIpc) is 3.17. The van der Waals surface area contributed by atoms with Gasteiger partial charge in [-0.2, -0.15) is 5.01 Å². The van der Waals surface area contributed by atoms with Crippen LogP contribution in [0.15, 0.2) is 24.3 Å². The molecule has 0 radical (unpaired) electrons. The van der Waals surface area contributed by atoms with Crippen LogP contribution in [-0.4, -0.2) is 63.8 Å². The van der Waals surface area contributed by atoms with Gasteiger partial charge in [0.1, 0.15) is 12.6 Å². The van der Waals surface area contributed by atoms with Crippen molar-refractivity contribution in [3.8, 4) is 0 Å². The summed E-state index contributed by atoms with van der Waals surface area (Å²) in [5, 5.41) is 1.56. The molecule has 9 heteroatoms. The van der Waals surface area contributed by atoms with E-state index in [4.69, 9.17) is 4.74 Å². The van der Waals surface area contributed by atoms with Crippen molar-refractivity contribution in [1.82, 2.24) is 14.9 Å². The minimum Gasteiger partial charge on any atom is -0.446 e. The van der Waals surface area contributed by atoms with E-state index in [1.807, 2.05) is 0 Å². The van der Waals surface area contributed by atoms with Crippen LogP contribution in [0, 0.1) is 0 Å². The maximum Gasteiger partial charge on any atom is 0.429 e. The van der Waals surface area contributed by atoms with Crippen molar-refractivity contribution in [2.75, 3.05) is 13.2 Å². The fourth-order valence-electron chi connectivity index (χ4n) is 3.12. The van der Waals surface area contributed by atoms with Crippen LogP contribution in [-0.2, 0) is 14.3 Å². The minimum absolute atomic E-state index is 0.0607. The van der Waals surface area contributed by atoms with Crippen LogP contribution in [0.5, 0.6) is 0 Å². The first-order valence-corrected chi connectivity index (χ1v) is 7.28. The molecule has 2 fully saturated rings. The second kappa shape index (κ2) is 4.88. The summed E-state index contributed by atoms with van der Waals surface area (Å²) in [4.78, 5) is 62.1. The highest BCUT2D eigenvalue weighted by Gasteiger charge is 2.52. The number of hydrogen-bond acceptors (Lipinski definition) is 6. The summed E-state index contributed by atoms with van der Waals surface area (Å²) in [6, 6.07) is 4.96. The number of carbonyl (C=O) groups is 5. The summed E-state index contributed by atoms with van der Waals surface area (Å²) >= 11 is 0. The van der Waals surface area contributed by atoms with Crippen LogP contribution in [0.3, 0.4) is 0 Å². The van der Waals surface area contributed by atoms with E-state index in [-0.39, 0.29) is 30.7 Å². The molecule has 3 aliphatic heterocycles. The number of benzene rings is 1. The molecule has 0 saturated carbocycles. The molecule has 0 spiro atoms. The molecule has 24 heavy (non-hydrogen) atoms. The van der Waals surface area contributed by atoms with Crippen molar-refractivity contribution in [1.29, 1.82) is 0 Å². The molecule has 1 aromatic carbocycles. The van der Waals surface area contributed by atoms with Crippen LogP contribution in [0.25, 0.3) is 0 Å². The lowest BCUT2D eigenvalue weighted by atomic mass is 10.1. The number of fused-ring (bicyclic) bond motifs is 1. The Balaban J connectivity index is 1.66. The van der Waals surface area contributed by atoms with Crippen molar-refractivity contribution in [2.45, 2.75) is 12.5 Å². The van der Waals surface area contributed by atoms with Gasteiger partial charge in [0.15, 0.2) is 0 Å². The van der Waals surface area contributed by atoms with Gasteiger partial charge in [-0.1, -0.05) is 12.1 Å². The van der Waals surface area contributed by atoms with Crippen LogP contribution < -0.4 is 0 Å². The second-order valence-electron chi connectivity index (χ2n) is 5.53. The lowest BCUT2D eigenvalue weighted by Gasteiger charge is -2.24. The van der Waals surface area contributed by atoms with E-state index in [0.717, 1.165) is 9.91 Å². The summed E-state index contributed by atoms with van der Waals surface area (Å²) in [6.07, 6.45) is -1.16. The summed E-state index contributed by atoms with van der Waals surface area (Å²) in [6.45, 7) is 0.124. The Labute approximate surface area is 135 Å². The summed E-state index contributed by atoms with van der Waals surface area (Å²) in [7, 11) is 0. The van der Waals surface area contributed by atoms with Crippen molar-refractivity contribution in [2.24, 2.45) is 0 Å². The largest absolute Gasteiger partial charge is 0.446 e. The van der Waals surface area contributed by atoms with Crippen LogP contribution in [0.2, 0.25) is 0 Å². The smallest absolute Gasteiger partial charge is 0.429 e. The topological polar surface area (TPSA) is 104 Å². The predicted molar refractivity (Wildman–Crippen MR) is 75.3 cm³/mol. The number of hydrogen-bond donors (Lipinski definition) is 0. The van der Waals surface area contributed by atoms with Gasteiger partial charge in [0.25, 0.3) is 23.6 Å². The molecule has 0 aromatic heterocycles. The Hall–Kier alpha value is -3.23. The molecule has 0 bridgehead atoms. The SMILES string of the molecule is O=C1c2ccccc2C(=O)N1C1CC(=O)N(N2CCOC2=O)C1=O. The van der Waals surface area contributed by atoms with Crippen LogP contribution in [0.1, 0.15) is 27.1 Å². The van der Waals surface area contributed by atoms with Crippen LogP contribution >= 0.6 is 0 Å². The molecule has 3 aliphatic rings. The minimum atomic E-state index is -1.25. The van der Waals surface area contributed by atoms with Gasteiger partial charge >= 0.3 is 6.09 Å². The third-order valence-corrected chi connectivity index (χ3v) is 4.22. The van der Waals surface area contributed by atoms with Crippen molar-refractivity contribution >= 4 is 29.7 Å². The first-order valence-electron chi connectivity index (χ1n) is 7.28. The maximum absolute atomic E-state index is 12.6. The predicted octanol–water partition coefficient (Wildman–Crippen LogP) is -0.223. The fourth-order valence-corrected chi connectivity index (χ4v) is 3.12. The first kappa shape index (κ1) is 14.4. The van der Waals surface area contributed by atoms with Gasteiger partial charge in [-0.25, -0.2) is 9.80 Å². The molecular formula is C15H11N3O6. The van der Waals surface area contributed by atoms with E-state index in [0.29, 0.717) is 5.01 Å². The molecule has 0 N–H and O–H groups in total. The first-order chi connectivity index (χ1) is 11.5. The number of cyclic esters (lactones) is 1. The number of ether oxygens (including phenoxy) is 1. The highest BCUT2D eigenvalue weighted by molar-refractivity contribution is 6.24. The maximum atomic E-state index is 12.6. The Morgan fingerprint density at radius 2 is 1.58 bits per heavy atom. The van der Waals surface area contributed by atoms with Gasteiger partial charge < -0.3 is 4.74 Å². The van der Waals surface area contributed by atoms with Crippen molar-refractivity contribution in [3.63, 3.8) is 0 Å². The van der Waals surface area contributed by atoms with E-state index < -0.39 is 35.8 Å². The molecule has 0 aliphatic carbocycles. The molecule has 1 unspecified atom stereocenters. The number of nitrogens with zero attached hydrogens (tertiary/aromatic N) is 3. The van der Waals surface area contributed by atoms with Crippen molar-refractivity contribution < 1.29 is 28.7 Å². The Kier molecular flexibility index (Phi) is 2.92. The monoisotopic (exact) mass is 329 g/mol. The molecule has 1 aromatic rings. The molecule has 122 valence electrons. The van der Waals surface area contributed by atoms with Gasteiger partial charge in [0.05, 0.1) is 24.1 Å². The number of carbonyl (C=O) groups excluding carboxylic acids is 5. The van der Waals surface area contributed by atoms with Gasteiger partial charge in [-0.05, 0) is 12.1 Å². The van der Waals surface area contributed by atoms with Gasteiger partial charge in [-0.3, -0.25) is 24.1 Å². The third kappa shape index (κ3) is 1.78. The second-order valence-corrected chi connectivity index (χ2v) is 5.53. The van der Waals surface area contributed by atoms with E-state index >= 15 is 0 Å². The average molecular weight is 329 g/mol. The molecule has 5 amide bonds. The highest BCUT2D eigenvalue weighted by atomic mass is 16.6. The van der Waals surface area contributed by atoms with E-state index in [1.54, 1.807) is 12.1 Å². The lowest BCUT2D eigenvalue weighted by molar-refractivity contribution is -0.152. The van der Waals surface area contributed by atoms with Gasteiger partial charge in [-0.15, -0.1) is 0 Å². The molecule has 1 atom stereocenters. The van der Waals surface area contributed by atoms with Gasteiger partial charge in [0.2, 0.25) is 0 Å². The summed E-state index contributed by atoms with van der Waals surface area (Å²) < 4.78 is 4.72. The molecule has 9 nitrogen and oxygen atoms in total. The summed E-state index contributed by atoms with van der Waals surface area (Å²) in [5.41, 5.74) is 0.392. The zero-order valence-electron chi connectivity index (χ0n) is 12.3. The number of hydrazine groups is 1. The Morgan fingerprint density at radius 3 is 2.12 bits per heavy atom. The number of amides is 5.